The molecule has 6 heteroatoms. The van der Waals surface area contributed by atoms with Crippen molar-refractivity contribution in [2.75, 3.05) is 0 Å². The minimum atomic E-state index is -0.361. The molecule has 0 atom stereocenters. The van der Waals surface area contributed by atoms with Crippen LogP contribution in [0.25, 0.3) is 0 Å². The van der Waals surface area contributed by atoms with Crippen molar-refractivity contribution in [3.8, 4) is 0 Å². The number of carbonyl (C=O) groups excluding carboxylic acids is 2. The van der Waals surface area contributed by atoms with Crippen molar-refractivity contribution in [3.05, 3.63) is 55.7 Å². The third-order valence-electron chi connectivity index (χ3n) is 2.97. The first-order chi connectivity index (χ1) is 10.0. The summed E-state index contributed by atoms with van der Waals surface area (Å²) < 4.78 is 0.678. The molecule has 1 aromatic heterocycles. The van der Waals surface area contributed by atoms with E-state index in [4.69, 9.17) is 0 Å². The molecule has 110 valence electrons. The number of hydrazine groups is 1. The molecule has 1 aromatic carbocycles. The molecule has 4 nitrogen and oxygen atoms in total. The molecule has 2 aromatic rings. The van der Waals surface area contributed by atoms with Crippen LogP contribution in [-0.4, -0.2) is 11.8 Å². The summed E-state index contributed by atoms with van der Waals surface area (Å²) in [6.07, 6.45) is 0.896. The lowest BCUT2D eigenvalue weighted by Crippen LogP contribution is -2.41. The molecule has 2 rings (SSSR count). The monoisotopic (exact) mass is 366 g/mol. The number of hydrogen-bond acceptors (Lipinski definition) is 3. The quantitative estimate of drug-likeness (QED) is 0.817. The number of rotatable bonds is 3. The normalized spacial score (nSPS) is 10.2. The molecule has 0 saturated heterocycles. The Morgan fingerprint density at radius 3 is 2.48 bits per heavy atom. The fourth-order valence-corrected chi connectivity index (χ4v) is 3.34. The summed E-state index contributed by atoms with van der Waals surface area (Å²) in [5.74, 6) is -0.664. The average molecular weight is 367 g/mol. The number of amides is 2. The number of nitrogens with one attached hydrogen (secondary N) is 2. The Kier molecular flexibility index (Phi) is 5.14. The van der Waals surface area contributed by atoms with E-state index in [2.05, 4.69) is 33.7 Å². The SMILES string of the molecule is CCc1sc(C(=O)NNC(=O)c2ccccc2Br)cc1C. The summed E-state index contributed by atoms with van der Waals surface area (Å²) in [4.78, 5) is 25.8. The molecular formula is C15H15BrN2O2S. The first-order valence-electron chi connectivity index (χ1n) is 6.47. The molecule has 0 fully saturated rings. The van der Waals surface area contributed by atoms with Crippen LogP contribution in [0.4, 0.5) is 0 Å². The second-order valence-electron chi connectivity index (χ2n) is 4.46. The van der Waals surface area contributed by atoms with Gasteiger partial charge in [-0.15, -0.1) is 11.3 Å². The Labute approximate surface area is 135 Å². The Hall–Kier alpha value is -1.66. The molecule has 0 spiro atoms. The highest BCUT2D eigenvalue weighted by atomic mass is 79.9. The molecule has 2 amide bonds. The van der Waals surface area contributed by atoms with Crippen LogP contribution >= 0.6 is 27.3 Å². The van der Waals surface area contributed by atoms with Crippen LogP contribution in [0.5, 0.6) is 0 Å². The van der Waals surface area contributed by atoms with Crippen LogP contribution in [0.15, 0.2) is 34.8 Å². The van der Waals surface area contributed by atoms with Crippen LogP contribution < -0.4 is 10.9 Å². The molecular weight excluding hydrogens is 352 g/mol. The Balaban J connectivity index is 2.01. The van der Waals surface area contributed by atoms with Crippen molar-refractivity contribution in [1.29, 1.82) is 0 Å². The highest BCUT2D eigenvalue weighted by molar-refractivity contribution is 9.10. The standard InChI is InChI=1S/C15H15BrN2O2S/c1-3-12-9(2)8-13(21-12)15(20)18-17-14(19)10-6-4-5-7-11(10)16/h4-8H,3H2,1-2H3,(H,17,19)(H,18,20). The fourth-order valence-electron chi connectivity index (χ4n) is 1.87. The van der Waals surface area contributed by atoms with Crippen molar-refractivity contribution < 1.29 is 9.59 Å². The molecule has 0 aliphatic heterocycles. The maximum absolute atomic E-state index is 12.0. The average Bonchev–Trinajstić information content (AvgIpc) is 2.86. The molecule has 0 bridgehead atoms. The highest BCUT2D eigenvalue weighted by Crippen LogP contribution is 2.22. The van der Waals surface area contributed by atoms with Gasteiger partial charge in [0, 0.05) is 9.35 Å². The topological polar surface area (TPSA) is 58.2 Å². The minimum Gasteiger partial charge on any atom is -0.267 e. The molecule has 0 radical (unpaired) electrons. The largest absolute Gasteiger partial charge is 0.279 e. The maximum Gasteiger partial charge on any atom is 0.279 e. The van der Waals surface area contributed by atoms with Crippen LogP contribution in [-0.2, 0) is 6.42 Å². The van der Waals surface area contributed by atoms with Crippen molar-refractivity contribution in [2.45, 2.75) is 20.3 Å². The lowest BCUT2D eigenvalue weighted by atomic mass is 10.2. The van der Waals surface area contributed by atoms with Gasteiger partial charge in [-0.25, -0.2) is 0 Å². The maximum atomic E-state index is 12.0. The molecule has 0 aliphatic carbocycles. The zero-order valence-corrected chi connectivity index (χ0v) is 14.1. The third kappa shape index (κ3) is 3.71. The van der Waals surface area contributed by atoms with Crippen LogP contribution in [0.3, 0.4) is 0 Å². The van der Waals surface area contributed by atoms with Crippen molar-refractivity contribution in [3.63, 3.8) is 0 Å². The van der Waals surface area contributed by atoms with E-state index in [1.807, 2.05) is 19.1 Å². The lowest BCUT2D eigenvalue weighted by molar-refractivity contribution is 0.0848. The van der Waals surface area contributed by atoms with Gasteiger partial charge < -0.3 is 0 Å². The van der Waals surface area contributed by atoms with Gasteiger partial charge in [-0.3, -0.25) is 20.4 Å². The van der Waals surface area contributed by atoms with Gasteiger partial charge in [0.25, 0.3) is 11.8 Å². The first kappa shape index (κ1) is 15.7. The predicted octanol–water partition coefficient (Wildman–Crippen LogP) is 3.46. The van der Waals surface area contributed by atoms with E-state index in [-0.39, 0.29) is 11.8 Å². The van der Waals surface area contributed by atoms with Crippen LogP contribution in [0.2, 0.25) is 0 Å². The van der Waals surface area contributed by atoms with E-state index in [1.54, 1.807) is 18.2 Å². The number of halogens is 1. The Morgan fingerprint density at radius 2 is 1.86 bits per heavy atom. The highest BCUT2D eigenvalue weighted by Gasteiger charge is 2.14. The number of hydrogen-bond donors (Lipinski definition) is 2. The zero-order valence-electron chi connectivity index (χ0n) is 11.7. The molecule has 21 heavy (non-hydrogen) atoms. The van der Waals surface area contributed by atoms with Gasteiger partial charge in [0.05, 0.1) is 10.4 Å². The first-order valence-corrected chi connectivity index (χ1v) is 8.08. The Morgan fingerprint density at radius 1 is 1.19 bits per heavy atom. The smallest absolute Gasteiger partial charge is 0.267 e. The van der Waals surface area contributed by atoms with Gasteiger partial charge >= 0.3 is 0 Å². The van der Waals surface area contributed by atoms with Gasteiger partial charge in [0.2, 0.25) is 0 Å². The molecule has 0 unspecified atom stereocenters. The van der Waals surface area contributed by atoms with E-state index in [0.29, 0.717) is 14.9 Å². The van der Waals surface area contributed by atoms with Gasteiger partial charge in [-0.05, 0) is 53.0 Å². The summed E-state index contributed by atoms with van der Waals surface area (Å²) in [6.45, 7) is 4.03. The lowest BCUT2D eigenvalue weighted by Gasteiger charge is -2.07. The van der Waals surface area contributed by atoms with E-state index in [9.17, 15) is 9.59 Å². The van der Waals surface area contributed by atoms with E-state index >= 15 is 0 Å². The van der Waals surface area contributed by atoms with Crippen molar-refractivity contribution in [1.82, 2.24) is 10.9 Å². The predicted molar refractivity (Wildman–Crippen MR) is 87.5 cm³/mol. The summed E-state index contributed by atoms with van der Waals surface area (Å²) in [5, 5.41) is 0. The summed E-state index contributed by atoms with van der Waals surface area (Å²) >= 11 is 4.75. The number of aryl methyl sites for hydroxylation is 2. The minimum absolute atomic E-state index is 0.303. The van der Waals surface area contributed by atoms with Crippen molar-refractivity contribution in [2.24, 2.45) is 0 Å². The molecule has 0 saturated carbocycles. The second kappa shape index (κ2) is 6.87. The van der Waals surface area contributed by atoms with Gasteiger partial charge in [0.1, 0.15) is 0 Å². The van der Waals surface area contributed by atoms with E-state index < -0.39 is 0 Å². The Bertz CT molecular complexity index is 682. The number of carbonyl (C=O) groups is 2. The molecule has 1 heterocycles. The summed E-state index contributed by atoms with van der Waals surface area (Å²) in [5.41, 5.74) is 6.43. The fraction of sp³-hybridized carbons (Fsp3) is 0.200. The zero-order chi connectivity index (χ0) is 15.4. The summed E-state index contributed by atoms with van der Waals surface area (Å²) in [6, 6.07) is 8.87. The van der Waals surface area contributed by atoms with Crippen LogP contribution in [0.1, 0.15) is 37.4 Å². The molecule has 2 N–H and O–H groups in total. The number of thiophene rings is 1. The number of benzene rings is 1. The van der Waals surface area contributed by atoms with E-state index in [1.165, 1.54) is 16.2 Å². The van der Waals surface area contributed by atoms with Crippen molar-refractivity contribution >= 4 is 39.1 Å². The van der Waals surface area contributed by atoms with E-state index in [0.717, 1.165) is 12.0 Å². The summed E-state index contributed by atoms with van der Waals surface area (Å²) in [7, 11) is 0. The molecule has 0 aliphatic rings. The van der Waals surface area contributed by atoms with Gasteiger partial charge in [0.15, 0.2) is 0 Å². The van der Waals surface area contributed by atoms with Crippen LogP contribution in [0, 0.1) is 6.92 Å². The van der Waals surface area contributed by atoms with Gasteiger partial charge in [-0.1, -0.05) is 19.1 Å². The third-order valence-corrected chi connectivity index (χ3v) is 5.05. The second-order valence-corrected chi connectivity index (χ2v) is 6.45. The van der Waals surface area contributed by atoms with Gasteiger partial charge in [-0.2, -0.15) is 0 Å².